The summed E-state index contributed by atoms with van der Waals surface area (Å²) >= 11 is 0. The van der Waals surface area contributed by atoms with Crippen LogP contribution in [0.4, 0.5) is 17.2 Å². The van der Waals surface area contributed by atoms with Crippen molar-refractivity contribution in [1.29, 1.82) is 0 Å². The Morgan fingerprint density at radius 3 is 2.41 bits per heavy atom. The van der Waals surface area contributed by atoms with E-state index in [-0.39, 0.29) is 11.6 Å². The molecule has 2 saturated heterocycles. The van der Waals surface area contributed by atoms with Crippen molar-refractivity contribution in [3.05, 3.63) is 57.8 Å². The molecule has 1 aromatic heterocycles. The number of anilines is 2. The van der Waals surface area contributed by atoms with E-state index in [4.69, 9.17) is 0 Å². The maximum Gasteiger partial charge on any atom is 0.293 e. The predicted molar refractivity (Wildman–Crippen MR) is 111 cm³/mol. The van der Waals surface area contributed by atoms with Gasteiger partial charge in [0.2, 0.25) is 0 Å². The molecule has 152 valence electrons. The zero-order valence-electron chi connectivity index (χ0n) is 16.3. The molecule has 0 spiro atoms. The number of nitro benzene ring substituents is 1. The molecule has 0 saturated carbocycles. The van der Waals surface area contributed by atoms with Gasteiger partial charge in [-0.05, 0) is 55.5 Å². The second kappa shape index (κ2) is 8.46. The fourth-order valence-electron chi connectivity index (χ4n) is 4.01. The molecule has 0 atom stereocenters. The summed E-state index contributed by atoms with van der Waals surface area (Å²) in [4.78, 5) is 32.4. The number of amides is 1. The molecular weight excluding hydrogens is 370 g/mol. The molecule has 2 fully saturated rings. The third-order valence-electron chi connectivity index (χ3n) is 5.57. The average Bonchev–Trinajstić information content (AvgIpc) is 3.46. The second-order valence-electron chi connectivity index (χ2n) is 7.55. The van der Waals surface area contributed by atoms with Gasteiger partial charge in [0.05, 0.1) is 4.92 Å². The summed E-state index contributed by atoms with van der Waals surface area (Å²) in [6, 6.07) is 8.60. The lowest BCUT2D eigenvalue weighted by Gasteiger charge is -2.18. The number of nitrogens with one attached hydrogen (secondary N) is 1. The van der Waals surface area contributed by atoms with Crippen molar-refractivity contribution in [2.45, 2.75) is 32.2 Å². The Bertz CT molecular complexity index is 905. The highest BCUT2D eigenvalue weighted by molar-refractivity contribution is 5.95. The number of benzene rings is 1. The van der Waals surface area contributed by atoms with E-state index in [1.165, 1.54) is 18.9 Å². The Labute approximate surface area is 169 Å². The average molecular weight is 395 g/mol. The van der Waals surface area contributed by atoms with Crippen LogP contribution in [-0.4, -0.2) is 42.0 Å². The normalized spacial score (nSPS) is 16.3. The maximum absolute atomic E-state index is 12.6. The highest BCUT2D eigenvalue weighted by Crippen LogP contribution is 2.31. The standard InChI is InChI=1S/C21H25N5O3/c27-21(23-15-16-7-8-22-20(13-16)25-11-3-4-12-25)17-5-6-18(19(14-17)26(28)29)24-9-1-2-10-24/h5-8,13-14H,1-4,9-12,15H2,(H,23,27). The first-order valence-electron chi connectivity index (χ1n) is 10.1. The zero-order chi connectivity index (χ0) is 20.2. The van der Waals surface area contributed by atoms with Crippen molar-refractivity contribution >= 4 is 23.1 Å². The van der Waals surface area contributed by atoms with Gasteiger partial charge in [0.25, 0.3) is 11.6 Å². The van der Waals surface area contributed by atoms with Crippen LogP contribution in [0.1, 0.15) is 41.6 Å². The lowest BCUT2D eigenvalue weighted by atomic mass is 10.1. The van der Waals surface area contributed by atoms with E-state index in [2.05, 4.69) is 15.2 Å². The summed E-state index contributed by atoms with van der Waals surface area (Å²) < 4.78 is 0. The monoisotopic (exact) mass is 395 g/mol. The van der Waals surface area contributed by atoms with Crippen molar-refractivity contribution < 1.29 is 9.72 Å². The number of nitrogens with zero attached hydrogens (tertiary/aromatic N) is 4. The van der Waals surface area contributed by atoms with Crippen LogP contribution < -0.4 is 15.1 Å². The van der Waals surface area contributed by atoms with E-state index in [0.717, 1.165) is 50.4 Å². The lowest BCUT2D eigenvalue weighted by molar-refractivity contribution is -0.384. The molecule has 0 bridgehead atoms. The van der Waals surface area contributed by atoms with E-state index in [1.807, 2.05) is 17.0 Å². The first kappa shape index (κ1) is 19.2. The first-order chi connectivity index (χ1) is 14.1. The van der Waals surface area contributed by atoms with Gasteiger partial charge in [-0.15, -0.1) is 0 Å². The van der Waals surface area contributed by atoms with E-state index < -0.39 is 4.92 Å². The van der Waals surface area contributed by atoms with E-state index in [1.54, 1.807) is 18.3 Å². The molecule has 2 aliphatic rings. The molecular formula is C21H25N5O3. The van der Waals surface area contributed by atoms with Crippen molar-refractivity contribution in [1.82, 2.24) is 10.3 Å². The van der Waals surface area contributed by atoms with Crippen molar-refractivity contribution in [2.75, 3.05) is 36.0 Å². The van der Waals surface area contributed by atoms with E-state index in [9.17, 15) is 14.9 Å². The number of carbonyl (C=O) groups is 1. The summed E-state index contributed by atoms with van der Waals surface area (Å²) in [6.07, 6.45) is 6.17. The van der Waals surface area contributed by atoms with Crippen molar-refractivity contribution in [3.63, 3.8) is 0 Å². The highest BCUT2D eigenvalue weighted by atomic mass is 16.6. The molecule has 1 N–H and O–H groups in total. The Hall–Kier alpha value is -3.16. The smallest absolute Gasteiger partial charge is 0.293 e. The highest BCUT2D eigenvalue weighted by Gasteiger charge is 2.24. The largest absolute Gasteiger partial charge is 0.366 e. The summed E-state index contributed by atoms with van der Waals surface area (Å²) in [5.74, 6) is 0.612. The third-order valence-corrected chi connectivity index (χ3v) is 5.57. The lowest BCUT2D eigenvalue weighted by Crippen LogP contribution is -2.24. The van der Waals surface area contributed by atoms with Gasteiger partial charge in [-0.2, -0.15) is 0 Å². The van der Waals surface area contributed by atoms with Gasteiger partial charge in [0.1, 0.15) is 11.5 Å². The fourth-order valence-corrected chi connectivity index (χ4v) is 4.01. The van der Waals surface area contributed by atoms with Gasteiger partial charge in [0.15, 0.2) is 0 Å². The molecule has 29 heavy (non-hydrogen) atoms. The summed E-state index contributed by atoms with van der Waals surface area (Å²) in [6.45, 7) is 4.00. The number of carbonyl (C=O) groups excluding carboxylic acids is 1. The van der Waals surface area contributed by atoms with Crippen LogP contribution in [-0.2, 0) is 6.54 Å². The Morgan fingerprint density at radius 2 is 1.72 bits per heavy atom. The summed E-state index contributed by atoms with van der Waals surface area (Å²) in [5.41, 5.74) is 1.83. The third kappa shape index (κ3) is 4.31. The quantitative estimate of drug-likeness (QED) is 0.597. The van der Waals surface area contributed by atoms with Gasteiger partial charge in [-0.25, -0.2) is 4.98 Å². The van der Waals surface area contributed by atoms with Crippen LogP contribution in [0.2, 0.25) is 0 Å². The zero-order valence-corrected chi connectivity index (χ0v) is 16.3. The van der Waals surface area contributed by atoms with Gasteiger partial charge in [-0.3, -0.25) is 14.9 Å². The maximum atomic E-state index is 12.6. The fraction of sp³-hybridized carbons (Fsp3) is 0.429. The van der Waals surface area contributed by atoms with Gasteiger partial charge in [-0.1, -0.05) is 0 Å². The number of aromatic nitrogens is 1. The molecule has 0 unspecified atom stereocenters. The molecule has 2 aromatic rings. The number of pyridine rings is 1. The Kier molecular flexibility index (Phi) is 5.59. The van der Waals surface area contributed by atoms with Crippen molar-refractivity contribution in [3.8, 4) is 0 Å². The van der Waals surface area contributed by atoms with Gasteiger partial charge in [0, 0.05) is 50.6 Å². The number of nitro groups is 1. The molecule has 1 amide bonds. The molecule has 8 nitrogen and oxygen atoms in total. The topological polar surface area (TPSA) is 91.6 Å². The molecule has 3 heterocycles. The van der Waals surface area contributed by atoms with E-state index >= 15 is 0 Å². The van der Waals surface area contributed by atoms with Crippen molar-refractivity contribution in [2.24, 2.45) is 0 Å². The molecule has 4 rings (SSSR count). The van der Waals surface area contributed by atoms with Crippen LogP contribution in [0, 0.1) is 10.1 Å². The van der Waals surface area contributed by atoms with Crippen LogP contribution in [0.5, 0.6) is 0 Å². The molecule has 1 aromatic carbocycles. The number of hydrogen-bond donors (Lipinski definition) is 1. The number of hydrogen-bond acceptors (Lipinski definition) is 6. The van der Waals surface area contributed by atoms with Crippen LogP contribution in [0.3, 0.4) is 0 Å². The Balaban J connectivity index is 1.45. The molecule has 0 aliphatic carbocycles. The first-order valence-corrected chi connectivity index (χ1v) is 10.1. The minimum Gasteiger partial charge on any atom is -0.366 e. The minimum absolute atomic E-state index is 0.0141. The van der Waals surface area contributed by atoms with Gasteiger partial charge >= 0.3 is 0 Å². The Morgan fingerprint density at radius 1 is 1.03 bits per heavy atom. The minimum atomic E-state index is -0.407. The SMILES string of the molecule is O=C(NCc1ccnc(N2CCCC2)c1)c1ccc(N2CCCC2)c([N+](=O)[O-])c1. The predicted octanol–water partition coefficient (Wildman–Crippen LogP) is 3.12. The second-order valence-corrected chi connectivity index (χ2v) is 7.55. The molecule has 8 heteroatoms. The van der Waals surface area contributed by atoms with Crippen LogP contribution in [0.15, 0.2) is 36.5 Å². The molecule has 2 aliphatic heterocycles. The number of rotatable bonds is 6. The van der Waals surface area contributed by atoms with E-state index in [0.29, 0.717) is 17.8 Å². The van der Waals surface area contributed by atoms with Gasteiger partial charge < -0.3 is 15.1 Å². The van der Waals surface area contributed by atoms with Crippen LogP contribution in [0.25, 0.3) is 0 Å². The summed E-state index contributed by atoms with van der Waals surface area (Å²) in [5, 5.41) is 14.4. The molecule has 0 radical (unpaired) electrons. The summed E-state index contributed by atoms with van der Waals surface area (Å²) in [7, 11) is 0. The van der Waals surface area contributed by atoms with Crippen LogP contribution >= 0.6 is 0 Å².